The maximum atomic E-state index is 13.7. The van der Waals surface area contributed by atoms with Crippen molar-refractivity contribution in [3.8, 4) is 11.1 Å². The molecule has 9 nitrogen and oxygen atoms in total. The zero-order valence-electron chi connectivity index (χ0n) is 17.8. The standard InChI is InChI=1S/C22H21BrFN7O2/c1-12(28-22(32)30-4-6-33-7-5-30)19-18(23)20(25)31-21(29-19)16(11-27-31)14-8-13-9-15(24)2-3-17(13)26-10-14/h2-3,8-12H,4-7,25H2,1H3,(H,28,32). The summed E-state index contributed by atoms with van der Waals surface area (Å²) in [6.07, 6.45) is 3.34. The van der Waals surface area contributed by atoms with E-state index in [-0.39, 0.29) is 11.8 Å². The SMILES string of the molecule is CC(NC(=O)N1CCOCC1)c1nc2c(-c3cnc4ccc(F)cc4c3)cnn2c(N)c1Br. The molecule has 11 heteroatoms. The summed E-state index contributed by atoms with van der Waals surface area (Å²) < 4.78 is 21.1. The number of nitrogen functional groups attached to an aromatic ring is 1. The lowest BCUT2D eigenvalue weighted by Crippen LogP contribution is -2.46. The Labute approximate surface area is 196 Å². The third-order valence-corrected chi connectivity index (χ3v) is 6.46. The van der Waals surface area contributed by atoms with E-state index < -0.39 is 6.04 Å². The average molecular weight is 514 g/mol. The molecule has 1 aliphatic heterocycles. The highest BCUT2D eigenvalue weighted by Gasteiger charge is 2.24. The molecule has 1 atom stereocenters. The Hall–Kier alpha value is -3.31. The van der Waals surface area contributed by atoms with Crippen LogP contribution in [-0.4, -0.2) is 56.8 Å². The number of morpholine rings is 1. The van der Waals surface area contributed by atoms with Crippen LogP contribution in [0.5, 0.6) is 0 Å². The number of urea groups is 1. The van der Waals surface area contributed by atoms with Gasteiger partial charge in [0.1, 0.15) is 11.6 Å². The number of nitrogens with two attached hydrogens (primary N) is 1. The fourth-order valence-electron chi connectivity index (χ4n) is 3.86. The van der Waals surface area contributed by atoms with Gasteiger partial charge in [-0.25, -0.2) is 14.2 Å². The van der Waals surface area contributed by atoms with Crippen LogP contribution < -0.4 is 11.1 Å². The molecule has 4 aromatic rings. The summed E-state index contributed by atoms with van der Waals surface area (Å²) in [4.78, 5) is 23.6. The maximum absolute atomic E-state index is 13.7. The lowest BCUT2D eigenvalue weighted by Gasteiger charge is -2.28. The normalized spacial score (nSPS) is 15.2. The van der Waals surface area contributed by atoms with Crippen molar-refractivity contribution in [3.63, 3.8) is 0 Å². The van der Waals surface area contributed by atoms with Crippen LogP contribution in [-0.2, 0) is 4.74 Å². The van der Waals surface area contributed by atoms with Gasteiger partial charge in [-0.3, -0.25) is 4.98 Å². The minimum Gasteiger partial charge on any atom is -0.383 e. The Morgan fingerprint density at radius 3 is 2.85 bits per heavy atom. The van der Waals surface area contributed by atoms with Gasteiger partial charge >= 0.3 is 6.03 Å². The molecule has 0 saturated carbocycles. The number of hydrogen-bond donors (Lipinski definition) is 2. The molecule has 1 fully saturated rings. The van der Waals surface area contributed by atoms with Gasteiger partial charge in [0.25, 0.3) is 0 Å². The van der Waals surface area contributed by atoms with E-state index in [4.69, 9.17) is 15.5 Å². The van der Waals surface area contributed by atoms with Crippen LogP contribution in [0.4, 0.5) is 15.0 Å². The number of aromatic nitrogens is 4. The topological polar surface area (TPSA) is 111 Å². The summed E-state index contributed by atoms with van der Waals surface area (Å²) in [5.74, 6) is 0.0215. The van der Waals surface area contributed by atoms with Crippen LogP contribution in [0.2, 0.25) is 0 Å². The number of fused-ring (bicyclic) bond motifs is 2. The highest BCUT2D eigenvalue weighted by molar-refractivity contribution is 9.10. The molecule has 1 aliphatic rings. The molecule has 0 aliphatic carbocycles. The van der Waals surface area contributed by atoms with Crippen molar-refractivity contribution in [2.24, 2.45) is 0 Å². The first-order valence-corrected chi connectivity index (χ1v) is 11.2. The Balaban J connectivity index is 1.53. The molecule has 0 radical (unpaired) electrons. The largest absolute Gasteiger partial charge is 0.383 e. The Morgan fingerprint density at radius 1 is 1.27 bits per heavy atom. The molecular formula is C22H21BrFN7O2. The fraction of sp³-hybridized carbons (Fsp3) is 0.273. The summed E-state index contributed by atoms with van der Waals surface area (Å²) in [5.41, 5.74) is 9.54. The smallest absolute Gasteiger partial charge is 0.318 e. The second-order valence-corrected chi connectivity index (χ2v) is 8.61. The zero-order chi connectivity index (χ0) is 23.1. The predicted octanol–water partition coefficient (Wildman–Crippen LogP) is 3.53. The number of anilines is 1. The Kier molecular flexibility index (Phi) is 5.59. The van der Waals surface area contributed by atoms with Crippen LogP contribution in [0.1, 0.15) is 18.7 Å². The van der Waals surface area contributed by atoms with Gasteiger partial charge in [-0.05, 0) is 47.1 Å². The molecule has 3 aromatic heterocycles. The van der Waals surface area contributed by atoms with Crippen LogP contribution in [0.15, 0.2) is 41.1 Å². The van der Waals surface area contributed by atoms with E-state index in [9.17, 15) is 9.18 Å². The number of pyridine rings is 1. The number of amides is 2. The van der Waals surface area contributed by atoms with Gasteiger partial charge in [0.05, 0.1) is 41.1 Å². The monoisotopic (exact) mass is 513 g/mol. The average Bonchev–Trinajstić information content (AvgIpc) is 3.25. The molecule has 4 heterocycles. The van der Waals surface area contributed by atoms with Crippen molar-refractivity contribution in [2.45, 2.75) is 13.0 Å². The Morgan fingerprint density at radius 2 is 2.06 bits per heavy atom. The molecule has 1 unspecified atom stereocenters. The number of nitrogens with one attached hydrogen (secondary N) is 1. The van der Waals surface area contributed by atoms with Crippen molar-refractivity contribution in [1.82, 2.24) is 29.8 Å². The number of rotatable bonds is 3. The lowest BCUT2D eigenvalue weighted by atomic mass is 10.1. The first kappa shape index (κ1) is 21.5. The molecule has 1 saturated heterocycles. The Bertz CT molecular complexity index is 1370. The molecule has 3 N–H and O–H groups in total. The molecule has 5 rings (SSSR count). The number of carbonyl (C=O) groups excluding carboxylic acids is 1. The van der Waals surface area contributed by atoms with Crippen molar-refractivity contribution in [2.75, 3.05) is 32.0 Å². The van der Waals surface area contributed by atoms with Gasteiger partial charge in [-0.2, -0.15) is 9.61 Å². The second-order valence-electron chi connectivity index (χ2n) is 7.82. The molecular weight excluding hydrogens is 493 g/mol. The number of nitrogens with zero attached hydrogens (tertiary/aromatic N) is 5. The predicted molar refractivity (Wildman–Crippen MR) is 125 cm³/mol. The summed E-state index contributed by atoms with van der Waals surface area (Å²) in [6.45, 7) is 3.96. The maximum Gasteiger partial charge on any atom is 0.318 e. The zero-order valence-corrected chi connectivity index (χ0v) is 19.3. The summed E-state index contributed by atoms with van der Waals surface area (Å²) in [5, 5.41) is 8.03. The molecule has 2 amide bonds. The van der Waals surface area contributed by atoms with E-state index in [0.717, 1.165) is 5.56 Å². The number of benzene rings is 1. The summed E-state index contributed by atoms with van der Waals surface area (Å²) >= 11 is 3.51. The fourth-order valence-corrected chi connectivity index (χ4v) is 4.46. The van der Waals surface area contributed by atoms with Crippen molar-refractivity contribution in [1.29, 1.82) is 0 Å². The van der Waals surface area contributed by atoms with Crippen LogP contribution in [0, 0.1) is 5.82 Å². The minimum absolute atomic E-state index is 0.188. The van der Waals surface area contributed by atoms with Crippen LogP contribution in [0.3, 0.4) is 0 Å². The third kappa shape index (κ3) is 3.98. The van der Waals surface area contributed by atoms with Crippen molar-refractivity contribution in [3.05, 3.63) is 52.6 Å². The number of ether oxygens (including phenoxy) is 1. The second kappa shape index (κ2) is 8.56. The molecule has 170 valence electrons. The summed E-state index contributed by atoms with van der Waals surface area (Å²) in [7, 11) is 0. The van der Waals surface area contributed by atoms with Crippen LogP contribution in [0.25, 0.3) is 27.7 Å². The highest BCUT2D eigenvalue weighted by Crippen LogP contribution is 2.33. The van der Waals surface area contributed by atoms with Gasteiger partial charge in [-0.15, -0.1) is 0 Å². The van der Waals surface area contributed by atoms with Gasteiger partial charge in [-0.1, -0.05) is 0 Å². The highest BCUT2D eigenvalue weighted by atomic mass is 79.9. The van der Waals surface area contributed by atoms with E-state index >= 15 is 0 Å². The third-order valence-electron chi connectivity index (χ3n) is 5.65. The summed E-state index contributed by atoms with van der Waals surface area (Å²) in [6, 6.07) is 5.68. The quantitative estimate of drug-likeness (QED) is 0.433. The molecule has 0 bridgehead atoms. The van der Waals surface area contributed by atoms with E-state index in [1.165, 1.54) is 16.6 Å². The van der Waals surface area contributed by atoms with Gasteiger partial charge in [0.2, 0.25) is 0 Å². The molecule has 0 spiro atoms. The minimum atomic E-state index is -0.423. The first-order valence-electron chi connectivity index (χ1n) is 10.4. The van der Waals surface area contributed by atoms with Crippen molar-refractivity contribution < 1.29 is 13.9 Å². The number of carbonyl (C=O) groups is 1. The number of halogens is 2. The van der Waals surface area contributed by atoms with E-state index in [1.807, 2.05) is 13.0 Å². The van der Waals surface area contributed by atoms with E-state index in [1.54, 1.807) is 23.4 Å². The first-order chi connectivity index (χ1) is 15.9. The number of hydrogen-bond acceptors (Lipinski definition) is 6. The van der Waals surface area contributed by atoms with Gasteiger partial charge in [0.15, 0.2) is 5.65 Å². The van der Waals surface area contributed by atoms with Crippen molar-refractivity contribution >= 4 is 44.3 Å². The van der Waals surface area contributed by atoms with E-state index in [0.29, 0.717) is 64.4 Å². The molecule has 33 heavy (non-hydrogen) atoms. The van der Waals surface area contributed by atoms with Gasteiger partial charge < -0.3 is 20.7 Å². The van der Waals surface area contributed by atoms with Gasteiger partial charge in [0, 0.05) is 35.8 Å². The van der Waals surface area contributed by atoms with E-state index in [2.05, 4.69) is 31.3 Å². The van der Waals surface area contributed by atoms with Crippen LogP contribution >= 0.6 is 15.9 Å². The lowest BCUT2D eigenvalue weighted by molar-refractivity contribution is 0.0526. The molecule has 1 aromatic carbocycles.